The Morgan fingerprint density at radius 3 is 2.57 bits per heavy atom. The molecule has 0 fully saturated rings. The van der Waals surface area contributed by atoms with Crippen LogP contribution in [0.3, 0.4) is 0 Å². The minimum atomic E-state index is -4.55. The summed E-state index contributed by atoms with van der Waals surface area (Å²) in [5, 5.41) is 0.448. The molecular weight excluding hydrogens is 331 g/mol. The Balaban J connectivity index is 2.20. The molecule has 0 amide bonds. The monoisotopic (exact) mass is 341 g/mol. The number of pyridine rings is 2. The molecule has 9 heteroatoms. The average molecular weight is 341 g/mol. The first-order valence-corrected chi connectivity index (χ1v) is 8.27. The number of hydrogen-bond acceptors (Lipinski definition) is 4. The summed E-state index contributed by atoms with van der Waals surface area (Å²) in [6.07, 6.45) is -0.904. The molecule has 0 spiro atoms. The lowest BCUT2D eigenvalue weighted by Crippen LogP contribution is -2.07. The first kappa shape index (κ1) is 15.5. The van der Waals surface area contributed by atoms with Gasteiger partial charge in [0.25, 0.3) is 0 Å². The van der Waals surface area contributed by atoms with Gasteiger partial charge in [-0.05, 0) is 24.3 Å². The molecule has 0 atom stereocenters. The molecule has 0 bridgehead atoms. The fourth-order valence-corrected chi connectivity index (χ4v) is 3.04. The van der Waals surface area contributed by atoms with E-state index in [0.29, 0.717) is 16.6 Å². The van der Waals surface area contributed by atoms with Crippen molar-refractivity contribution in [3.05, 3.63) is 42.4 Å². The summed E-state index contributed by atoms with van der Waals surface area (Å²) in [6.45, 7) is 0. The maximum Gasteiger partial charge on any atom is 0.433 e. The number of nitrogens with one attached hydrogen (secondary N) is 1. The molecule has 5 nitrogen and oxygen atoms in total. The van der Waals surface area contributed by atoms with Crippen molar-refractivity contribution in [3.63, 3.8) is 0 Å². The van der Waals surface area contributed by atoms with Gasteiger partial charge in [0.2, 0.25) is 0 Å². The normalized spacial score (nSPS) is 12.7. The quantitative estimate of drug-likeness (QED) is 0.777. The van der Waals surface area contributed by atoms with Gasteiger partial charge in [0.1, 0.15) is 11.3 Å². The van der Waals surface area contributed by atoms with Gasteiger partial charge in [-0.25, -0.2) is 13.4 Å². The predicted molar refractivity (Wildman–Crippen MR) is 77.4 cm³/mol. The fourth-order valence-electron chi connectivity index (χ4n) is 2.21. The zero-order chi connectivity index (χ0) is 16.8. The summed E-state index contributed by atoms with van der Waals surface area (Å²) >= 11 is 0. The summed E-state index contributed by atoms with van der Waals surface area (Å²) in [4.78, 5) is 10.0. The van der Waals surface area contributed by atoms with Gasteiger partial charge in [-0.1, -0.05) is 0 Å². The molecule has 0 unspecified atom stereocenters. The number of fused-ring (bicyclic) bond motifs is 1. The summed E-state index contributed by atoms with van der Waals surface area (Å²) in [5.41, 5.74) is -0.300. The summed E-state index contributed by atoms with van der Waals surface area (Å²) in [7, 11) is -3.53. The van der Waals surface area contributed by atoms with E-state index in [1.54, 1.807) is 6.07 Å². The van der Waals surface area contributed by atoms with E-state index in [0.717, 1.165) is 12.3 Å². The molecule has 3 heterocycles. The van der Waals surface area contributed by atoms with Crippen LogP contribution in [0, 0.1) is 0 Å². The van der Waals surface area contributed by atoms with Gasteiger partial charge in [-0.3, -0.25) is 4.98 Å². The number of sulfone groups is 1. The van der Waals surface area contributed by atoms with Crippen molar-refractivity contribution >= 4 is 20.9 Å². The van der Waals surface area contributed by atoms with E-state index in [1.807, 2.05) is 0 Å². The van der Waals surface area contributed by atoms with Gasteiger partial charge < -0.3 is 4.98 Å². The van der Waals surface area contributed by atoms with E-state index in [9.17, 15) is 21.6 Å². The average Bonchev–Trinajstić information content (AvgIpc) is 2.88. The minimum Gasteiger partial charge on any atom is -0.339 e. The van der Waals surface area contributed by atoms with Gasteiger partial charge >= 0.3 is 6.18 Å². The van der Waals surface area contributed by atoms with E-state index in [1.165, 1.54) is 24.5 Å². The number of H-pyrrole nitrogens is 1. The fraction of sp³-hybridized carbons (Fsp3) is 0.143. The van der Waals surface area contributed by atoms with Gasteiger partial charge in [0.05, 0.1) is 4.90 Å². The largest absolute Gasteiger partial charge is 0.433 e. The maximum absolute atomic E-state index is 12.7. The molecule has 120 valence electrons. The van der Waals surface area contributed by atoms with Crippen molar-refractivity contribution in [2.24, 2.45) is 0 Å². The van der Waals surface area contributed by atoms with Crippen LogP contribution >= 0.6 is 0 Å². The number of alkyl halides is 3. The second kappa shape index (κ2) is 5.05. The highest BCUT2D eigenvalue weighted by Gasteiger charge is 2.32. The van der Waals surface area contributed by atoms with Crippen LogP contribution in [0.5, 0.6) is 0 Å². The molecule has 3 rings (SSSR count). The third kappa shape index (κ3) is 2.91. The zero-order valence-electron chi connectivity index (χ0n) is 11.7. The molecule has 0 saturated heterocycles. The smallest absolute Gasteiger partial charge is 0.339 e. The predicted octanol–water partition coefficient (Wildman–Crippen LogP) is 3.05. The lowest BCUT2D eigenvalue weighted by molar-refractivity contribution is -0.141. The summed E-state index contributed by atoms with van der Waals surface area (Å²) in [6, 6.07) is 5.19. The summed E-state index contributed by atoms with van der Waals surface area (Å²) < 4.78 is 61.7. The number of halogens is 3. The molecule has 3 aromatic heterocycles. The van der Waals surface area contributed by atoms with Crippen LogP contribution in [0.2, 0.25) is 0 Å². The Hall–Kier alpha value is -2.42. The van der Waals surface area contributed by atoms with E-state index >= 15 is 0 Å². The van der Waals surface area contributed by atoms with E-state index < -0.39 is 21.7 Å². The number of hydrogen-bond donors (Lipinski definition) is 1. The van der Waals surface area contributed by atoms with Gasteiger partial charge in [0.15, 0.2) is 9.84 Å². The van der Waals surface area contributed by atoms with Gasteiger partial charge in [-0.15, -0.1) is 0 Å². The Labute approximate surface area is 129 Å². The Morgan fingerprint density at radius 2 is 1.91 bits per heavy atom. The number of nitrogens with zero attached hydrogens (tertiary/aromatic N) is 2. The molecular formula is C14H10F3N3O2S. The highest BCUT2D eigenvalue weighted by atomic mass is 32.2. The number of aromatic nitrogens is 3. The molecule has 0 aliphatic carbocycles. The van der Waals surface area contributed by atoms with Crippen molar-refractivity contribution in [1.29, 1.82) is 0 Å². The second-order valence-electron chi connectivity index (χ2n) is 4.96. The molecule has 23 heavy (non-hydrogen) atoms. The van der Waals surface area contributed by atoms with E-state index in [2.05, 4.69) is 15.0 Å². The van der Waals surface area contributed by atoms with Crippen LogP contribution in [-0.2, 0) is 16.0 Å². The first-order valence-electron chi connectivity index (χ1n) is 6.37. The SMILES string of the molecule is CS(=O)(=O)c1cnccc1-c1cc2ccc(C(F)(F)F)nc2[nH]1. The highest BCUT2D eigenvalue weighted by molar-refractivity contribution is 7.90. The molecule has 0 radical (unpaired) electrons. The molecule has 0 aliphatic rings. The summed E-state index contributed by atoms with van der Waals surface area (Å²) in [5.74, 6) is 0. The Morgan fingerprint density at radius 1 is 1.17 bits per heavy atom. The van der Waals surface area contributed by atoms with Gasteiger partial charge in [-0.2, -0.15) is 13.2 Å². The van der Waals surface area contributed by atoms with Crippen molar-refractivity contribution in [2.75, 3.05) is 6.26 Å². The van der Waals surface area contributed by atoms with Crippen molar-refractivity contribution in [2.45, 2.75) is 11.1 Å². The van der Waals surface area contributed by atoms with Crippen molar-refractivity contribution < 1.29 is 21.6 Å². The van der Waals surface area contributed by atoms with Gasteiger partial charge in [0, 0.05) is 35.3 Å². The highest BCUT2D eigenvalue weighted by Crippen LogP contribution is 2.32. The first-order chi connectivity index (χ1) is 10.7. The van der Waals surface area contributed by atoms with E-state index in [4.69, 9.17) is 0 Å². The van der Waals surface area contributed by atoms with Crippen LogP contribution in [-0.4, -0.2) is 29.6 Å². The second-order valence-corrected chi connectivity index (χ2v) is 6.94. The topological polar surface area (TPSA) is 75.7 Å². The van der Waals surface area contributed by atoms with Crippen LogP contribution in [0.4, 0.5) is 13.2 Å². The van der Waals surface area contributed by atoms with Crippen LogP contribution in [0.25, 0.3) is 22.3 Å². The van der Waals surface area contributed by atoms with Crippen LogP contribution in [0.1, 0.15) is 5.69 Å². The molecule has 1 N–H and O–H groups in total. The minimum absolute atomic E-state index is 0.0115. The standard InChI is InChI=1S/C14H10F3N3O2S/c1-23(21,22)11-7-18-5-4-9(11)10-6-8-2-3-12(14(15,16)17)20-13(8)19-10/h2-7H,1H3,(H,19,20). The number of aromatic amines is 1. The Bertz CT molecular complexity index is 994. The van der Waals surface area contributed by atoms with Crippen molar-refractivity contribution in [3.8, 4) is 11.3 Å². The molecule has 0 aromatic carbocycles. The van der Waals surface area contributed by atoms with Crippen molar-refractivity contribution in [1.82, 2.24) is 15.0 Å². The van der Waals surface area contributed by atoms with Crippen LogP contribution < -0.4 is 0 Å². The molecule has 0 aliphatic heterocycles. The lowest BCUT2D eigenvalue weighted by atomic mass is 10.2. The third-order valence-corrected chi connectivity index (χ3v) is 4.37. The number of rotatable bonds is 2. The maximum atomic E-state index is 12.7. The molecule has 3 aromatic rings. The third-order valence-electron chi connectivity index (χ3n) is 3.24. The van der Waals surface area contributed by atoms with Crippen LogP contribution in [0.15, 0.2) is 41.6 Å². The lowest BCUT2D eigenvalue weighted by Gasteiger charge is -2.05. The van der Waals surface area contributed by atoms with E-state index in [-0.39, 0.29) is 10.5 Å². The Kier molecular flexibility index (Phi) is 3.40. The zero-order valence-corrected chi connectivity index (χ0v) is 12.5. The molecule has 0 saturated carbocycles.